The van der Waals surface area contributed by atoms with E-state index in [0.717, 1.165) is 109 Å². The first-order chi connectivity index (χ1) is 37.0. The van der Waals surface area contributed by atoms with Gasteiger partial charge >= 0.3 is 17.9 Å². The Morgan fingerprint density at radius 2 is 0.520 bits per heavy atom. The molecule has 0 N–H and O–H groups in total. The SMILES string of the molecule is CC/C=C\C/C=C\C/C=C\C/C=C\C/C=C\CCCCCCCCCCCC(=O)OCC(COC(=O)CCCCCCCCCCCCCCCC)OC(=O)CCCCCCCCC/C=C\C/C=C\CCCCCC. The van der Waals surface area contributed by atoms with Crippen LogP contribution in [0.2, 0.25) is 0 Å². The number of unbranched alkanes of at least 4 members (excludes halogenated alkanes) is 33. The number of hydrogen-bond acceptors (Lipinski definition) is 6. The van der Waals surface area contributed by atoms with Crippen molar-refractivity contribution in [2.75, 3.05) is 13.2 Å². The summed E-state index contributed by atoms with van der Waals surface area (Å²) in [7, 11) is 0. The summed E-state index contributed by atoms with van der Waals surface area (Å²) in [5.74, 6) is -0.879. The van der Waals surface area contributed by atoms with Crippen LogP contribution in [0, 0.1) is 0 Å². The Morgan fingerprint density at radius 3 is 0.827 bits per heavy atom. The lowest BCUT2D eigenvalue weighted by atomic mass is 10.0. The minimum Gasteiger partial charge on any atom is -0.462 e. The van der Waals surface area contributed by atoms with E-state index in [-0.39, 0.29) is 31.1 Å². The predicted molar refractivity (Wildman–Crippen MR) is 325 cm³/mol. The molecule has 0 saturated heterocycles. The minimum absolute atomic E-state index is 0.0785. The first kappa shape index (κ1) is 71.6. The van der Waals surface area contributed by atoms with Crippen LogP contribution in [0.4, 0.5) is 0 Å². The molecule has 0 amide bonds. The lowest BCUT2D eigenvalue weighted by molar-refractivity contribution is -0.167. The molecule has 1 unspecified atom stereocenters. The minimum atomic E-state index is -0.783. The number of carbonyl (C=O) groups excluding carboxylic acids is 3. The van der Waals surface area contributed by atoms with Crippen molar-refractivity contribution in [3.63, 3.8) is 0 Å². The second-order valence-electron chi connectivity index (χ2n) is 21.3. The third-order valence-electron chi connectivity index (χ3n) is 13.9. The van der Waals surface area contributed by atoms with Gasteiger partial charge in [0.1, 0.15) is 13.2 Å². The van der Waals surface area contributed by atoms with Crippen LogP contribution < -0.4 is 0 Å². The molecule has 0 fully saturated rings. The van der Waals surface area contributed by atoms with Gasteiger partial charge in [-0.25, -0.2) is 0 Å². The summed E-state index contributed by atoms with van der Waals surface area (Å²) >= 11 is 0. The first-order valence-electron chi connectivity index (χ1n) is 32.1. The number of carbonyl (C=O) groups is 3. The molecule has 0 aromatic rings. The van der Waals surface area contributed by atoms with Crippen LogP contribution in [-0.4, -0.2) is 37.2 Å². The van der Waals surface area contributed by atoms with Crippen molar-refractivity contribution >= 4 is 17.9 Å². The van der Waals surface area contributed by atoms with E-state index in [1.165, 1.54) is 167 Å². The highest BCUT2D eigenvalue weighted by molar-refractivity contribution is 5.71. The van der Waals surface area contributed by atoms with Crippen molar-refractivity contribution in [3.05, 3.63) is 85.1 Å². The largest absolute Gasteiger partial charge is 0.462 e. The van der Waals surface area contributed by atoms with E-state index in [9.17, 15) is 14.4 Å². The molecule has 0 spiro atoms. The Hall–Kier alpha value is -3.41. The van der Waals surface area contributed by atoms with Crippen LogP contribution in [0.3, 0.4) is 0 Å². The van der Waals surface area contributed by atoms with Gasteiger partial charge in [0, 0.05) is 19.3 Å². The number of rotatable bonds is 58. The monoisotopic (exact) mass is 1040 g/mol. The molecule has 6 nitrogen and oxygen atoms in total. The number of ether oxygens (including phenoxy) is 3. The number of esters is 3. The second kappa shape index (κ2) is 63.1. The Bertz CT molecular complexity index is 1430. The summed E-state index contributed by atoms with van der Waals surface area (Å²) in [4.78, 5) is 38.3. The van der Waals surface area contributed by atoms with Crippen molar-refractivity contribution in [3.8, 4) is 0 Å². The summed E-state index contributed by atoms with van der Waals surface area (Å²) in [5.41, 5.74) is 0. The highest BCUT2D eigenvalue weighted by atomic mass is 16.6. The molecule has 0 rings (SSSR count). The normalized spacial score (nSPS) is 12.6. The molecule has 0 bridgehead atoms. The van der Waals surface area contributed by atoms with Crippen LogP contribution in [0.5, 0.6) is 0 Å². The van der Waals surface area contributed by atoms with Gasteiger partial charge in [0.15, 0.2) is 6.10 Å². The van der Waals surface area contributed by atoms with E-state index in [0.29, 0.717) is 19.3 Å². The van der Waals surface area contributed by atoms with Gasteiger partial charge in [-0.3, -0.25) is 14.4 Å². The maximum Gasteiger partial charge on any atom is 0.306 e. The van der Waals surface area contributed by atoms with E-state index < -0.39 is 6.10 Å². The number of allylic oxidation sites excluding steroid dienone is 14. The summed E-state index contributed by atoms with van der Waals surface area (Å²) in [6.45, 7) is 6.53. The van der Waals surface area contributed by atoms with Gasteiger partial charge in [-0.1, -0.05) is 286 Å². The molecular formula is C69H120O6. The predicted octanol–water partition coefficient (Wildman–Crippen LogP) is 21.9. The van der Waals surface area contributed by atoms with Crippen molar-refractivity contribution in [1.82, 2.24) is 0 Å². The molecule has 432 valence electrons. The molecule has 0 radical (unpaired) electrons. The van der Waals surface area contributed by atoms with Gasteiger partial charge in [0.2, 0.25) is 0 Å². The average molecular weight is 1050 g/mol. The van der Waals surface area contributed by atoms with Crippen molar-refractivity contribution in [2.45, 2.75) is 322 Å². The summed E-state index contributed by atoms with van der Waals surface area (Å²) in [6.07, 6.45) is 82.9. The third-order valence-corrected chi connectivity index (χ3v) is 13.9. The van der Waals surface area contributed by atoms with Gasteiger partial charge in [-0.05, 0) is 96.3 Å². The Morgan fingerprint density at radius 1 is 0.280 bits per heavy atom. The molecular weight excluding hydrogens is 925 g/mol. The zero-order chi connectivity index (χ0) is 54.3. The fourth-order valence-corrected chi connectivity index (χ4v) is 9.09. The molecule has 0 aliphatic heterocycles. The van der Waals surface area contributed by atoms with Gasteiger partial charge in [-0.15, -0.1) is 0 Å². The van der Waals surface area contributed by atoms with Gasteiger partial charge < -0.3 is 14.2 Å². The first-order valence-corrected chi connectivity index (χ1v) is 32.1. The summed E-state index contributed by atoms with van der Waals surface area (Å²) in [5, 5.41) is 0. The molecule has 0 saturated carbocycles. The van der Waals surface area contributed by atoms with Gasteiger partial charge in [0.05, 0.1) is 0 Å². The Labute approximate surface area is 465 Å². The van der Waals surface area contributed by atoms with Gasteiger partial charge in [-0.2, -0.15) is 0 Å². The maximum atomic E-state index is 12.9. The van der Waals surface area contributed by atoms with Crippen molar-refractivity contribution in [1.29, 1.82) is 0 Å². The van der Waals surface area contributed by atoms with Crippen LogP contribution >= 0.6 is 0 Å². The molecule has 0 heterocycles. The lowest BCUT2D eigenvalue weighted by Gasteiger charge is -2.18. The molecule has 0 aromatic heterocycles. The topological polar surface area (TPSA) is 78.9 Å². The quantitative estimate of drug-likeness (QED) is 0.0261. The molecule has 0 aromatic carbocycles. The second-order valence-corrected chi connectivity index (χ2v) is 21.3. The van der Waals surface area contributed by atoms with E-state index in [1.807, 2.05) is 0 Å². The summed E-state index contributed by atoms with van der Waals surface area (Å²) < 4.78 is 16.9. The molecule has 6 heteroatoms. The highest BCUT2D eigenvalue weighted by Crippen LogP contribution is 2.16. The fourth-order valence-electron chi connectivity index (χ4n) is 9.09. The van der Waals surface area contributed by atoms with E-state index in [2.05, 4.69) is 106 Å². The van der Waals surface area contributed by atoms with Crippen LogP contribution in [0.15, 0.2) is 85.1 Å². The van der Waals surface area contributed by atoms with Crippen molar-refractivity contribution < 1.29 is 28.6 Å². The molecule has 1 atom stereocenters. The average Bonchev–Trinajstić information content (AvgIpc) is 3.41. The van der Waals surface area contributed by atoms with E-state index in [4.69, 9.17) is 14.2 Å². The zero-order valence-electron chi connectivity index (χ0n) is 49.6. The molecule has 0 aliphatic carbocycles. The van der Waals surface area contributed by atoms with E-state index >= 15 is 0 Å². The van der Waals surface area contributed by atoms with E-state index in [1.54, 1.807) is 0 Å². The van der Waals surface area contributed by atoms with Crippen LogP contribution in [-0.2, 0) is 28.6 Å². The van der Waals surface area contributed by atoms with Crippen LogP contribution in [0.25, 0.3) is 0 Å². The molecule has 75 heavy (non-hydrogen) atoms. The fraction of sp³-hybridized carbons (Fsp3) is 0.754. The lowest BCUT2D eigenvalue weighted by Crippen LogP contribution is -2.30. The van der Waals surface area contributed by atoms with Gasteiger partial charge in [0.25, 0.3) is 0 Å². The highest BCUT2D eigenvalue weighted by Gasteiger charge is 2.19. The van der Waals surface area contributed by atoms with Crippen LogP contribution in [0.1, 0.15) is 316 Å². The van der Waals surface area contributed by atoms with Crippen molar-refractivity contribution in [2.24, 2.45) is 0 Å². The maximum absolute atomic E-state index is 12.9. The Balaban J connectivity index is 4.34. The smallest absolute Gasteiger partial charge is 0.306 e. The zero-order valence-corrected chi connectivity index (χ0v) is 49.6. The Kier molecular flexibility index (Phi) is 60.3. The third kappa shape index (κ3) is 61.3. The standard InChI is InChI=1S/C69H120O6/c1-4-7-10-13-16-19-22-25-28-30-32-33-34-35-36-37-38-40-41-44-47-50-53-56-59-62-68(71)74-65-66(64-73-67(70)61-58-55-52-49-46-43-27-24-21-18-15-12-9-6-3)75-69(72)63-60-57-54-51-48-45-42-39-31-29-26-23-20-17-14-11-8-5-2/h7,10,16,19-20,23,25,28-29,31-33,35-36,66H,4-6,8-9,11-15,17-18,21-22,24,26-27,30,34,37-65H2,1-3H3/b10-7-,19-16-,23-20-,28-25-,31-29-,33-32-,36-35-. The molecule has 0 aliphatic rings. The summed E-state index contributed by atoms with van der Waals surface area (Å²) in [6, 6.07) is 0. The number of hydrogen-bond donors (Lipinski definition) is 0.